The van der Waals surface area contributed by atoms with Gasteiger partial charge in [0.1, 0.15) is 0 Å². The zero-order chi connectivity index (χ0) is 5.54. The lowest BCUT2D eigenvalue weighted by molar-refractivity contribution is 1.76. The Labute approximate surface area is 47.8 Å². The molecule has 40 valence electrons. The second-order valence-corrected chi connectivity index (χ2v) is 2.79. The van der Waals surface area contributed by atoms with Crippen LogP contribution in [0.15, 0.2) is 23.6 Å². The molecule has 0 aromatic heterocycles. The zero-order valence-corrected chi connectivity index (χ0v) is 6.43. The zero-order valence-electron chi connectivity index (χ0n) is 5.02. The van der Waals surface area contributed by atoms with Gasteiger partial charge in [-0.25, -0.2) is 0 Å². The van der Waals surface area contributed by atoms with Gasteiger partial charge in [0.2, 0.25) is 0 Å². The molecule has 0 heterocycles. The topological polar surface area (TPSA) is 0 Å². The molecule has 0 atom stereocenters. The molecule has 0 saturated carbocycles. The largest absolute Gasteiger partial charge is 0.101 e. The summed E-state index contributed by atoms with van der Waals surface area (Å²) in [5.74, 6) is 0. The van der Waals surface area contributed by atoms with E-state index in [0.717, 1.165) is 0 Å². The molecule has 1 heteroatoms. The first-order chi connectivity index (χ1) is 3.41. The molecule has 0 amide bonds. The lowest BCUT2D eigenvalue weighted by Crippen LogP contribution is -1.72. The van der Waals surface area contributed by atoms with Crippen LogP contribution in [-0.4, -0.2) is 9.52 Å². The SMILES string of the molecule is CC=C[SiH2]C=CC. The molecular weight excluding hydrogens is 100 g/mol. The maximum Gasteiger partial charge on any atom is 0.0683 e. The third-order valence-corrected chi connectivity index (χ3v) is 2.23. The molecule has 0 rings (SSSR count). The summed E-state index contributed by atoms with van der Waals surface area (Å²) in [6.07, 6.45) is 4.23. The van der Waals surface area contributed by atoms with Gasteiger partial charge in [-0.05, 0) is 13.8 Å². The molecule has 0 spiro atoms. The summed E-state index contributed by atoms with van der Waals surface area (Å²) in [6.45, 7) is 4.13. The molecule has 0 aliphatic carbocycles. The third-order valence-electron chi connectivity index (χ3n) is 0.744. The van der Waals surface area contributed by atoms with E-state index in [1.54, 1.807) is 0 Å². The fourth-order valence-electron chi connectivity index (χ4n) is 0.351. The molecule has 0 saturated heterocycles. The van der Waals surface area contributed by atoms with Crippen LogP contribution in [0.4, 0.5) is 0 Å². The number of allylic oxidation sites excluding steroid dienone is 2. The van der Waals surface area contributed by atoms with Crippen LogP contribution in [0.3, 0.4) is 0 Å². The Bertz CT molecular complexity index is 62.2. The maximum atomic E-state index is 2.26. The summed E-state index contributed by atoms with van der Waals surface area (Å²) in [7, 11) is 0.0502. The van der Waals surface area contributed by atoms with Gasteiger partial charge in [-0.2, -0.15) is 0 Å². The van der Waals surface area contributed by atoms with Gasteiger partial charge in [0, 0.05) is 0 Å². The summed E-state index contributed by atoms with van der Waals surface area (Å²) >= 11 is 0. The molecule has 0 aromatic rings. The van der Waals surface area contributed by atoms with E-state index in [1.165, 1.54) is 0 Å². The summed E-state index contributed by atoms with van der Waals surface area (Å²) in [4.78, 5) is 0. The molecule has 0 N–H and O–H groups in total. The summed E-state index contributed by atoms with van der Waals surface area (Å²) in [5, 5.41) is 0. The molecule has 0 bridgehead atoms. The Hall–Kier alpha value is -0.303. The highest BCUT2D eigenvalue weighted by Crippen LogP contribution is 1.69. The van der Waals surface area contributed by atoms with Crippen LogP contribution in [0.2, 0.25) is 0 Å². The van der Waals surface area contributed by atoms with Crippen molar-refractivity contribution in [2.75, 3.05) is 0 Å². The molecule has 0 fully saturated rings. The van der Waals surface area contributed by atoms with Gasteiger partial charge in [0.05, 0.1) is 9.52 Å². The lowest BCUT2D eigenvalue weighted by Gasteiger charge is -1.71. The quantitative estimate of drug-likeness (QED) is 0.471. The van der Waals surface area contributed by atoms with E-state index in [0.29, 0.717) is 0 Å². The predicted molar refractivity (Wildman–Crippen MR) is 38.2 cm³/mol. The Morgan fingerprint density at radius 2 is 1.43 bits per heavy atom. The van der Waals surface area contributed by atoms with Crippen molar-refractivity contribution in [2.24, 2.45) is 0 Å². The van der Waals surface area contributed by atoms with E-state index in [4.69, 9.17) is 0 Å². The van der Waals surface area contributed by atoms with Crippen molar-refractivity contribution in [1.29, 1.82) is 0 Å². The van der Waals surface area contributed by atoms with Crippen LogP contribution in [0.25, 0.3) is 0 Å². The van der Waals surface area contributed by atoms with Crippen molar-refractivity contribution in [2.45, 2.75) is 13.8 Å². The minimum Gasteiger partial charge on any atom is -0.101 e. The fourth-order valence-corrected chi connectivity index (χ4v) is 1.05. The van der Waals surface area contributed by atoms with Crippen LogP contribution in [0.5, 0.6) is 0 Å². The first-order valence-corrected chi connectivity index (χ1v) is 4.27. The highest BCUT2D eigenvalue weighted by atomic mass is 28.2. The minimum absolute atomic E-state index is 0.0502. The van der Waals surface area contributed by atoms with Crippen LogP contribution in [0, 0.1) is 0 Å². The second-order valence-electron chi connectivity index (χ2n) is 1.37. The summed E-state index contributed by atoms with van der Waals surface area (Å²) in [5.41, 5.74) is 4.53. The molecule has 0 unspecified atom stereocenters. The van der Waals surface area contributed by atoms with E-state index >= 15 is 0 Å². The second kappa shape index (κ2) is 5.70. The average Bonchev–Trinajstić information content (AvgIpc) is 1.69. The molecule has 0 radical (unpaired) electrons. The van der Waals surface area contributed by atoms with E-state index < -0.39 is 0 Å². The van der Waals surface area contributed by atoms with Gasteiger partial charge in [-0.15, -0.1) is 11.4 Å². The smallest absolute Gasteiger partial charge is 0.0683 e. The Balaban J connectivity index is 2.98. The highest BCUT2D eigenvalue weighted by molar-refractivity contribution is 6.48. The van der Waals surface area contributed by atoms with Crippen molar-refractivity contribution in [3.05, 3.63) is 23.6 Å². The highest BCUT2D eigenvalue weighted by Gasteiger charge is 1.63. The summed E-state index contributed by atoms with van der Waals surface area (Å²) < 4.78 is 0. The van der Waals surface area contributed by atoms with Crippen LogP contribution < -0.4 is 0 Å². The van der Waals surface area contributed by atoms with Crippen LogP contribution in [-0.2, 0) is 0 Å². The normalized spacial score (nSPS) is 13.4. The van der Waals surface area contributed by atoms with Crippen molar-refractivity contribution < 1.29 is 0 Å². The van der Waals surface area contributed by atoms with E-state index in [1.807, 2.05) is 0 Å². The third kappa shape index (κ3) is 5.70. The lowest BCUT2D eigenvalue weighted by atomic mass is 10.8. The van der Waals surface area contributed by atoms with Crippen LogP contribution in [0.1, 0.15) is 13.8 Å². The number of hydrogen-bond acceptors (Lipinski definition) is 0. The van der Waals surface area contributed by atoms with Crippen molar-refractivity contribution in [1.82, 2.24) is 0 Å². The fraction of sp³-hybridized carbons (Fsp3) is 0.333. The van der Waals surface area contributed by atoms with Gasteiger partial charge in [0.15, 0.2) is 0 Å². The molecule has 0 aliphatic rings. The van der Waals surface area contributed by atoms with Crippen LogP contribution >= 0.6 is 0 Å². The minimum atomic E-state index is 0.0502. The molecule has 0 nitrogen and oxygen atoms in total. The molecular formula is C6H12Si. The Kier molecular flexibility index (Phi) is 5.45. The monoisotopic (exact) mass is 112 g/mol. The first-order valence-electron chi connectivity index (χ1n) is 2.64. The predicted octanol–water partition coefficient (Wildman–Crippen LogP) is 1.22. The summed E-state index contributed by atoms with van der Waals surface area (Å²) in [6, 6.07) is 0. The van der Waals surface area contributed by atoms with Gasteiger partial charge >= 0.3 is 0 Å². The maximum absolute atomic E-state index is 2.26. The van der Waals surface area contributed by atoms with E-state index in [-0.39, 0.29) is 9.52 Å². The standard InChI is InChI=1S/C6H12Si/c1-3-5-7-6-4-2/h3-6H,7H2,1-2H3. The van der Waals surface area contributed by atoms with Gasteiger partial charge < -0.3 is 0 Å². The Morgan fingerprint density at radius 1 is 1.00 bits per heavy atom. The number of rotatable bonds is 2. The average molecular weight is 112 g/mol. The Morgan fingerprint density at radius 3 is 1.71 bits per heavy atom. The van der Waals surface area contributed by atoms with E-state index in [2.05, 4.69) is 37.4 Å². The van der Waals surface area contributed by atoms with Crippen molar-refractivity contribution in [3.8, 4) is 0 Å². The number of hydrogen-bond donors (Lipinski definition) is 0. The van der Waals surface area contributed by atoms with Crippen molar-refractivity contribution in [3.63, 3.8) is 0 Å². The first kappa shape index (κ1) is 6.70. The molecule has 7 heavy (non-hydrogen) atoms. The van der Waals surface area contributed by atoms with Crippen molar-refractivity contribution >= 4 is 9.52 Å². The van der Waals surface area contributed by atoms with Gasteiger partial charge in [0.25, 0.3) is 0 Å². The molecule has 0 aromatic carbocycles. The van der Waals surface area contributed by atoms with Gasteiger partial charge in [-0.1, -0.05) is 12.2 Å². The van der Waals surface area contributed by atoms with Gasteiger partial charge in [-0.3, -0.25) is 0 Å². The van der Waals surface area contributed by atoms with E-state index in [9.17, 15) is 0 Å². The molecule has 0 aliphatic heterocycles.